The fourth-order valence-corrected chi connectivity index (χ4v) is 2.91. The molecule has 2 aromatic carbocycles. The number of halogens is 1. The minimum absolute atomic E-state index is 0.174. The topological polar surface area (TPSA) is 124 Å². The Morgan fingerprint density at radius 2 is 2.00 bits per heavy atom. The zero-order valence-electron chi connectivity index (χ0n) is 16.0. The van der Waals surface area contributed by atoms with Gasteiger partial charge < -0.3 is 20.9 Å². The molecule has 0 unspecified atom stereocenters. The van der Waals surface area contributed by atoms with Gasteiger partial charge >= 0.3 is 0 Å². The predicted molar refractivity (Wildman–Crippen MR) is 110 cm³/mol. The van der Waals surface area contributed by atoms with Gasteiger partial charge in [-0.25, -0.2) is 9.07 Å². The molecule has 0 aliphatic rings. The Balaban J connectivity index is 1.59. The van der Waals surface area contributed by atoms with Gasteiger partial charge in [0.05, 0.1) is 0 Å². The number of anilines is 3. The molecule has 0 aliphatic carbocycles. The van der Waals surface area contributed by atoms with E-state index in [-0.39, 0.29) is 18.3 Å². The van der Waals surface area contributed by atoms with Crippen molar-refractivity contribution >= 4 is 23.2 Å². The molecule has 4 N–H and O–H groups in total. The highest BCUT2D eigenvalue weighted by molar-refractivity contribution is 5.91. The first-order valence-electron chi connectivity index (χ1n) is 9.04. The van der Waals surface area contributed by atoms with Gasteiger partial charge in [-0.2, -0.15) is 10.1 Å². The van der Waals surface area contributed by atoms with E-state index in [9.17, 15) is 9.18 Å². The van der Waals surface area contributed by atoms with Crippen LogP contribution in [0.1, 0.15) is 0 Å². The number of benzene rings is 2. The van der Waals surface area contributed by atoms with Gasteiger partial charge in [0, 0.05) is 18.3 Å². The normalized spacial score (nSPS) is 10.7. The molecule has 0 bridgehead atoms. The molecule has 10 heteroatoms. The van der Waals surface area contributed by atoms with E-state index in [1.807, 2.05) is 30.3 Å². The Morgan fingerprint density at radius 3 is 2.73 bits per heavy atom. The van der Waals surface area contributed by atoms with Crippen LogP contribution in [0.5, 0.6) is 0 Å². The van der Waals surface area contributed by atoms with Crippen LogP contribution in [0.15, 0.2) is 59.1 Å². The molecular formula is C20H18FN7O2. The Labute approximate surface area is 170 Å². The number of nitrogens with one attached hydrogen (secondary N) is 2. The highest BCUT2D eigenvalue weighted by Crippen LogP contribution is 2.33. The third kappa shape index (κ3) is 3.83. The fraction of sp³-hybridized carbons (Fsp3) is 0.100. The van der Waals surface area contributed by atoms with Crippen molar-refractivity contribution < 1.29 is 13.7 Å². The molecule has 152 valence electrons. The van der Waals surface area contributed by atoms with Crippen LogP contribution in [0.4, 0.5) is 21.7 Å². The maximum atomic E-state index is 13.3. The SMILES string of the molecule is CNc1nn(CC(=O)Nc2cccc(F)c2)c(N)c1-c1nc(-c2ccccc2)no1. The molecule has 0 fully saturated rings. The average Bonchev–Trinajstić information content (AvgIpc) is 3.33. The van der Waals surface area contributed by atoms with Crippen molar-refractivity contribution in [2.24, 2.45) is 0 Å². The molecule has 0 saturated heterocycles. The van der Waals surface area contributed by atoms with Crippen LogP contribution in [0.25, 0.3) is 22.8 Å². The van der Waals surface area contributed by atoms with Gasteiger partial charge in [-0.1, -0.05) is 41.6 Å². The summed E-state index contributed by atoms with van der Waals surface area (Å²) >= 11 is 0. The number of carbonyl (C=O) groups is 1. The van der Waals surface area contributed by atoms with Crippen molar-refractivity contribution in [3.63, 3.8) is 0 Å². The van der Waals surface area contributed by atoms with Gasteiger partial charge in [0.2, 0.25) is 11.7 Å². The summed E-state index contributed by atoms with van der Waals surface area (Å²) in [6.45, 7) is -0.184. The van der Waals surface area contributed by atoms with Gasteiger partial charge in [-0.3, -0.25) is 4.79 Å². The highest BCUT2D eigenvalue weighted by atomic mass is 19.1. The number of carbonyl (C=O) groups excluding carboxylic acids is 1. The Hall–Kier alpha value is -4.21. The Morgan fingerprint density at radius 1 is 1.20 bits per heavy atom. The predicted octanol–water partition coefficient (Wildman–Crippen LogP) is 3.00. The van der Waals surface area contributed by atoms with Crippen molar-refractivity contribution in [3.05, 3.63) is 60.4 Å². The van der Waals surface area contributed by atoms with Crippen molar-refractivity contribution in [2.45, 2.75) is 6.54 Å². The largest absolute Gasteiger partial charge is 0.383 e. The van der Waals surface area contributed by atoms with Crippen LogP contribution >= 0.6 is 0 Å². The summed E-state index contributed by atoms with van der Waals surface area (Å²) in [7, 11) is 1.66. The first-order valence-corrected chi connectivity index (χ1v) is 9.04. The number of hydrogen-bond acceptors (Lipinski definition) is 7. The van der Waals surface area contributed by atoms with Crippen LogP contribution in [0.2, 0.25) is 0 Å². The van der Waals surface area contributed by atoms with Crippen molar-refractivity contribution in [1.29, 1.82) is 0 Å². The second-order valence-electron chi connectivity index (χ2n) is 6.36. The van der Waals surface area contributed by atoms with E-state index in [2.05, 4.69) is 25.9 Å². The second kappa shape index (κ2) is 8.03. The van der Waals surface area contributed by atoms with E-state index in [0.717, 1.165) is 5.56 Å². The lowest BCUT2D eigenvalue weighted by Gasteiger charge is -2.06. The average molecular weight is 407 g/mol. The third-order valence-corrected chi connectivity index (χ3v) is 4.30. The lowest BCUT2D eigenvalue weighted by molar-refractivity contribution is -0.116. The smallest absolute Gasteiger partial charge is 0.265 e. The summed E-state index contributed by atoms with van der Waals surface area (Å²) in [5, 5.41) is 13.8. The van der Waals surface area contributed by atoms with Gasteiger partial charge in [0.25, 0.3) is 5.89 Å². The minimum Gasteiger partial charge on any atom is -0.383 e. The van der Waals surface area contributed by atoms with Gasteiger partial charge in [0.1, 0.15) is 23.7 Å². The summed E-state index contributed by atoms with van der Waals surface area (Å²) in [6.07, 6.45) is 0. The summed E-state index contributed by atoms with van der Waals surface area (Å²) in [6, 6.07) is 14.9. The molecular weight excluding hydrogens is 389 g/mol. The molecule has 9 nitrogen and oxygen atoms in total. The van der Waals surface area contributed by atoms with Gasteiger partial charge in [-0.05, 0) is 18.2 Å². The summed E-state index contributed by atoms with van der Waals surface area (Å²) in [4.78, 5) is 16.8. The van der Waals surface area contributed by atoms with Gasteiger partial charge in [-0.15, -0.1) is 0 Å². The molecule has 0 radical (unpaired) electrons. The molecule has 0 atom stereocenters. The zero-order chi connectivity index (χ0) is 21.1. The van der Waals surface area contributed by atoms with Crippen LogP contribution in [-0.4, -0.2) is 32.9 Å². The van der Waals surface area contributed by atoms with Crippen molar-refractivity contribution in [1.82, 2.24) is 19.9 Å². The number of hydrogen-bond donors (Lipinski definition) is 3. The van der Waals surface area contributed by atoms with E-state index >= 15 is 0 Å². The number of rotatable bonds is 6. The Kier molecular flexibility index (Phi) is 5.12. The monoisotopic (exact) mass is 407 g/mol. The molecule has 2 aromatic heterocycles. The quantitative estimate of drug-likeness (QED) is 0.449. The first-order chi connectivity index (χ1) is 14.5. The highest BCUT2D eigenvalue weighted by Gasteiger charge is 2.23. The van der Waals surface area contributed by atoms with E-state index in [1.165, 1.54) is 22.9 Å². The molecule has 0 aliphatic heterocycles. The number of nitrogens with two attached hydrogens (primary N) is 1. The molecule has 2 heterocycles. The maximum Gasteiger partial charge on any atom is 0.265 e. The molecule has 4 aromatic rings. The van der Waals surface area contributed by atoms with E-state index < -0.39 is 11.7 Å². The van der Waals surface area contributed by atoms with Crippen LogP contribution in [-0.2, 0) is 11.3 Å². The standard InChI is InChI=1S/C20H18FN7O2/c1-23-19-16(20-25-18(27-30-20)12-6-3-2-4-7-12)17(22)28(26-19)11-15(29)24-14-9-5-8-13(21)10-14/h2-10H,11,22H2,1H3,(H,23,26)(H,24,29). The molecule has 0 saturated carbocycles. The molecule has 0 spiro atoms. The third-order valence-electron chi connectivity index (χ3n) is 4.30. The number of amides is 1. The lowest BCUT2D eigenvalue weighted by atomic mass is 10.2. The van der Waals surface area contributed by atoms with Crippen molar-refractivity contribution in [2.75, 3.05) is 23.4 Å². The van der Waals surface area contributed by atoms with E-state index in [4.69, 9.17) is 10.3 Å². The minimum atomic E-state index is -0.447. The summed E-state index contributed by atoms with van der Waals surface area (Å²) in [5.41, 5.74) is 7.74. The number of aromatic nitrogens is 4. The Bertz CT molecular complexity index is 1190. The first kappa shape index (κ1) is 19.1. The van der Waals surface area contributed by atoms with E-state index in [1.54, 1.807) is 13.1 Å². The van der Waals surface area contributed by atoms with Crippen molar-refractivity contribution in [3.8, 4) is 22.8 Å². The van der Waals surface area contributed by atoms with Crippen LogP contribution < -0.4 is 16.4 Å². The number of nitrogen functional groups attached to an aromatic ring is 1. The molecule has 4 rings (SSSR count). The molecule has 30 heavy (non-hydrogen) atoms. The van der Waals surface area contributed by atoms with E-state index in [0.29, 0.717) is 22.9 Å². The lowest BCUT2D eigenvalue weighted by Crippen LogP contribution is -2.20. The van der Waals surface area contributed by atoms with Crippen LogP contribution in [0, 0.1) is 5.82 Å². The van der Waals surface area contributed by atoms with Crippen LogP contribution in [0.3, 0.4) is 0 Å². The fourth-order valence-electron chi connectivity index (χ4n) is 2.91. The number of nitrogens with zero attached hydrogens (tertiary/aromatic N) is 4. The summed E-state index contributed by atoms with van der Waals surface area (Å²) < 4.78 is 20.0. The molecule has 1 amide bonds. The maximum absolute atomic E-state index is 13.3. The van der Waals surface area contributed by atoms with Gasteiger partial charge in [0.15, 0.2) is 5.82 Å². The summed E-state index contributed by atoms with van der Waals surface area (Å²) in [5.74, 6) is 0.277. The zero-order valence-corrected chi connectivity index (χ0v) is 16.0. The second-order valence-corrected chi connectivity index (χ2v) is 6.36.